The average Bonchev–Trinajstić information content (AvgIpc) is 2.84. The van der Waals surface area contributed by atoms with Crippen LogP contribution in [0.15, 0.2) is 6.07 Å². The molecule has 3 heteroatoms. The molecule has 0 spiro atoms. The molecule has 2 rings (SSSR count). The highest BCUT2D eigenvalue weighted by Crippen LogP contribution is 2.33. The van der Waals surface area contributed by atoms with Crippen molar-refractivity contribution in [3.05, 3.63) is 21.4 Å². The molecule has 106 valence electrons. The fourth-order valence-electron chi connectivity index (χ4n) is 2.88. The molecule has 0 amide bonds. The van der Waals surface area contributed by atoms with E-state index in [1.54, 1.807) is 11.3 Å². The topological polar surface area (TPSA) is 20.3 Å². The molecule has 1 fully saturated rings. The number of carbonyl (C=O) groups is 1. The molecular formula is C16H25NOS. The SMILES string of the molecule is Cc1cc(C(=O)CN2CCC(C(C)(C)C)C2)c(C)s1. The molecule has 0 N–H and O–H groups in total. The summed E-state index contributed by atoms with van der Waals surface area (Å²) in [5.41, 5.74) is 1.29. The van der Waals surface area contributed by atoms with Crippen LogP contribution in [0.1, 0.15) is 47.3 Å². The number of thiophene rings is 1. The Bertz CT molecular complexity index is 470. The van der Waals surface area contributed by atoms with Gasteiger partial charge < -0.3 is 0 Å². The van der Waals surface area contributed by atoms with E-state index in [-0.39, 0.29) is 5.78 Å². The van der Waals surface area contributed by atoms with E-state index in [1.807, 2.05) is 13.0 Å². The predicted octanol–water partition coefficient (Wildman–Crippen LogP) is 3.92. The van der Waals surface area contributed by atoms with Gasteiger partial charge in [-0.3, -0.25) is 9.69 Å². The average molecular weight is 279 g/mol. The summed E-state index contributed by atoms with van der Waals surface area (Å²) in [6.07, 6.45) is 1.22. The Morgan fingerprint density at radius 1 is 1.42 bits per heavy atom. The van der Waals surface area contributed by atoms with Crippen LogP contribution in [-0.4, -0.2) is 30.3 Å². The highest BCUT2D eigenvalue weighted by Gasteiger charge is 2.32. The van der Waals surface area contributed by atoms with Crippen LogP contribution in [0.5, 0.6) is 0 Å². The molecule has 2 nitrogen and oxygen atoms in total. The third-order valence-corrected chi connectivity index (χ3v) is 5.17. The van der Waals surface area contributed by atoms with Gasteiger partial charge in [-0.2, -0.15) is 0 Å². The Labute approximate surface area is 120 Å². The van der Waals surface area contributed by atoms with Crippen molar-refractivity contribution in [3.8, 4) is 0 Å². The van der Waals surface area contributed by atoms with Crippen molar-refractivity contribution in [1.82, 2.24) is 4.90 Å². The van der Waals surface area contributed by atoms with Crippen LogP contribution in [0, 0.1) is 25.2 Å². The summed E-state index contributed by atoms with van der Waals surface area (Å²) >= 11 is 1.72. The van der Waals surface area contributed by atoms with Crippen molar-refractivity contribution in [1.29, 1.82) is 0 Å². The van der Waals surface area contributed by atoms with Gasteiger partial charge in [-0.25, -0.2) is 0 Å². The highest BCUT2D eigenvalue weighted by atomic mass is 32.1. The third-order valence-electron chi connectivity index (χ3n) is 4.21. The molecular weight excluding hydrogens is 254 g/mol. The van der Waals surface area contributed by atoms with Crippen LogP contribution in [-0.2, 0) is 0 Å². The van der Waals surface area contributed by atoms with E-state index in [9.17, 15) is 4.79 Å². The predicted molar refractivity (Wildman–Crippen MR) is 82.1 cm³/mol. The number of aryl methyl sites for hydroxylation is 2. The van der Waals surface area contributed by atoms with Crippen molar-refractivity contribution in [2.24, 2.45) is 11.3 Å². The first kappa shape index (κ1) is 14.7. The first-order valence-corrected chi connectivity index (χ1v) is 7.91. The number of Topliss-reactive ketones (excluding diaryl/α,β-unsaturated/α-hetero) is 1. The van der Waals surface area contributed by atoms with Gasteiger partial charge in [0.2, 0.25) is 0 Å². The van der Waals surface area contributed by atoms with Crippen LogP contribution < -0.4 is 0 Å². The number of hydrogen-bond acceptors (Lipinski definition) is 3. The fraction of sp³-hybridized carbons (Fsp3) is 0.688. The molecule has 1 unspecified atom stereocenters. The maximum absolute atomic E-state index is 12.4. The van der Waals surface area contributed by atoms with Crippen LogP contribution in [0.4, 0.5) is 0 Å². The molecule has 1 aromatic heterocycles. The monoisotopic (exact) mass is 279 g/mol. The quantitative estimate of drug-likeness (QED) is 0.782. The van der Waals surface area contributed by atoms with Crippen LogP contribution >= 0.6 is 11.3 Å². The summed E-state index contributed by atoms with van der Waals surface area (Å²) < 4.78 is 0. The van der Waals surface area contributed by atoms with Crippen molar-refractivity contribution in [2.45, 2.75) is 41.0 Å². The highest BCUT2D eigenvalue weighted by molar-refractivity contribution is 7.12. The Hall–Kier alpha value is -0.670. The number of carbonyl (C=O) groups excluding carboxylic acids is 1. The zero-order valence-electron chi connectivity index (χ0n) is 12.7. The van der Waals surface area contributed by atoms with Gasteiger partial charge in [0, 0.05) is 21.9 Å². The lowest BCUT2D eigenvalue weighted by Crippen LogP contribution is -2.30. The Balaban J connectivity index is 1.96. The smallest absolute Gasteiger partial charge is 0.177 e. The molecule has 1 aliphatic heterocycles. The number of rotatable bonds is 3. The second kappa shape index (κ2) is 5.37. The minimum absolute atomic E-state index is 0.288. The minimum atomic E-state index is 0.288. The summed E-state index contributed by atoms with van der Waals surface area (Å²) in [4.78, 5) is 17.1. The Kier molecular flexibility index (Phi) is 4.17. The summed E-state index contributed by atoms with van der Waals surface area (Å²) in [5, 5.41) is 0. The standard InChI is InChI=1S/C16H25NOS/c1-11-8-14(12(2)19-11)15(18)10-17-7-6-13(9-17)16(3,4)5/h8,13H,6-7,9-10H2,1-5H3. The van der Waals surface area contributed by atoms with Crippen molar-refractivity contribution < 1.29 is 4.79 Å². The fourth-order valence-corrected chi connectivity index (χ4v) is 3.82. The van der Waals surface area contributed by atoms with Gasteiger partial charge in [-0.15, -0.1) is 11.3 Å². The first-order valence-electron chi connectivity index (χ1n) is 7.10. The zero-order chi connectivity index (χ0) is 14.2. The summed E-state index contributed by atoms with van der Waals surface area (Å²) in [6, 6.07) is 2.04. The van der Waals surface area contributed by atoms with E-state index in [0.717, 1.165) is 23.5 Å². The van der Waals surface area contributed by atoms with Gasteiger partial charge in [-0.1, -0.05) is 20.8 Å². The molecule has 1 aliphatic rings. The van der Waals surface area contributed by atoms with Crippen molar-refractivity contribution >= 4 is 17.1 Å². The molecule has 1 atom stereocenters. The van der Waals surface area contributed by atoms with E-state index in [4.69, 9.17) is 0 Å². The molecule has 2 heterocycles. The lowest BCUT2D eigenvalue weighted by molar-refractivity contribution is 0.0938. The minimum Gasteiger partial charge on any atom is -0.295 e. The Morgan fingerprint density at radius 2 is 2.11 bits per heavy atom. The van der Waals surface area contributed by atoms with Gasteiger partial charge in [-0.05, 0) is 44.2 Å². The van der Waals surface area contributed by atoms with Gasteiger partial charge in [0.15, 0.2) is 5.78 Å². The van der Waals surface area contributed by atoms with E-state index in [2.05, 4.69) is 32.6 Å². The summed E-state index contributed by atoms with van der Waals surface area (Å²) in [6.45, 7) is 13.7. The van der Waals surface area contributed by atoms with Crippen LogP contribution in [0.25, 0.3) is 0 Å². The van der Waals surface area contributed by atoms with Crippen molar-refractivity contribution in [3.63, 3.8) is 0 Å². The number of likely N-dealkylation sites (tertiary alicyclic amines) is 1. The molecule has 0 aromatic carbocycles. The molecule has 0 bridgehead atoms. The van der Waals surface area contributed by atoms with E-state index in [1.165, 1.54) is 11.3 Å². The molecule has 1 saturated heterocycles. The number of hydrogen-bond donors (Lipinski definition) is 0. The maximum Gasteiger partial charge on any atom is 0.177 e. The third kappa shape index (κ3) is 3.46. The normalized spacial score (nSPS) is 21.0. The van der Waals surface area contributed by atoms with Gasteiger partial charge in [0.1, 0.15) is 0 Å². The summed E-state index contributed by atoms with van der Waals surface area (Å²) in [5.74, 6) is 1.00. The van der Waals surface area contributed by atoms with E-state index < -0.39 is 0 Å². The number of nitrogens with zero attached hydrogens (tertiary/aromatic N) is 1. The van der Waals surface area contributed by atoms with Gasteiger partial charge in [0.25, 0.3) is 0 Å². The largest absolute Gasteiger partial charge is 0.295 e. The zero-order valence-corrected chi connectivity index (χ0v) is 13.6. The summed E-state index contributed by atoms with van der Waals surface area (Å²) in [7, 11) is 0. The van der Waals surface area contributed by atoms with Gasteiger partial charge >= 0.3 is 0 Å². The molecule has 0 aliphatic carbocycles. The molecule has 0 radical (unpaired) electrons. The van der Waals surface area contributed by atoms with Crippen molar-refractivity contribution in [2.75, 3.05) is 19.6 Å². The van der Waals surface area contributed by atoms with Crippen LogP contribution in [0.3, 0.4) is 0 Å². The van der Waals surface area contributed by atoms with E-state index in [0.29, 0.717) is 17.9 Å². The van der Waals surface area contributed by atoms with E-state index >= 15 is 0 Å². The number of ketones is 1. The second-order valence-electron chi connectivity index (χ2n) is 6.84. The Morgan fingerprint density at radius 3 is 2.58 bits per heavy atom. The molecule has 19 heavy (non-hydrogen) atoms. The van der Waals surface area contributed by atoms with Crippen LogP contribution in [0.2, 0.25) is 0 Å². The lowest BCUT2D eigenvalue weighted by Gasteiger charge is -2.27. The maximum atomic E-state index is 12.4. The molecule has 1 aromatic rings. The lowest BCUT2D eigenvalue weighted by atomic mass is 9.80. The first-order chi connectivity index (χ1) is 8.77. The second-order valence-corrected chi connectivity index (χ2v) is 8.30. The molecule has 0 saturated carbocycles. The van der Waals surface area contributed by atoms with Gasteiger partial charge in [0.05, 0.1) is 6.54 Å².